The van der Waals surface area contributed by atoms with Gasteiger partial charge >= 0.3 is 11.9 Å². The second-order valence-corrected chi connectivity index (χ2v) is 10.9. The van der Waals surface area contributed by atoms with Gasteiger partial charge in [-0.2, -0.15) is 0 Å². The minimum absolute atomic E-state index is 0.185. The van der Waals surface area contributed by atoms with Gasteiger partial charge < -0.3 is 26.6 Å². The fraction of sp³-hybridized carbons (Fsp3) is 0.618. The first-order valence-corrected chi connectivity index (χ1v) is 15.7. The topological polar surface area (TPSA) is 145 Å². The predicted molar refractivity (Wildman–Crippen MR) is 173 cm³/mol. The molecule has 0 rings (SSSR count). The molecule has 8 heteroatoms. The number of unbranched alkanes of at least 4 members (excludes halogenated alkanes) is 4. The van der Waals surface area contributed by atoms with Crippen LogP contribution in [0, 0.1) is 5.92 Å². The number of rotatable bonds is 25. The molecular weight excluding hydrogens is 530 g/mol. The van der Waals surface area contributed by atoms with Gasteiger partial charge in [0.2, 0.25) is 5.91 Å². The third-order valence-corrected chi connectivity index (χ3v) is 6.34. The maximum atomic E-state index is 12.5. The van der Waals surface area contributed by atoms with E-state index >= 15 is 0 Å². The van der Waals surface area contributed by atoms with Gasteiger partial charge in [0.15, 0.2) is 0 Å². The van der Waals surface area contributed by atoms with Crippen LogP contribution in [0.2, 0.25) is 0 Å². The molecule has 0 aliphatic heterocycles. The van der Waals surface area contributed by atoms with Gasteiger partial charge in [-0.05, 0) is 88.8 Å². The van der Waals surface area contributed by atoms with Crippen LogP contribution in [0.1, 0.15) is 104 Å². The summed E-state index contributed by atoms with van der Waals surface area (Å²) in [6.45, 7) is 6.55. The summed E-state index contributed by atoms with van der Waals surface area (Å²) in [4.78, 5) is 36.0. The SMILES string of the molecule is CC/C=C\C/C=C\C/C=C\C/C=C\C(/C=C\CCCCCC(=O)N[C@@H](CC(C)C)C(=O)O)OC(=O)[C@@H](N)CCCCN. The lowest BCUT2D eigenvalue weighted by Crippen LogP contribution is -2.41. The minimum atomic E-state index is -0.998. The zero-order valence-electron chi connectivity index (χ0n) is 26.2. The Hall–Kier alpha value is -2.97. The van der Waals surface area contributed by atoms with Gasteiger partial charge in [-0.1, -0.05) is 82.2 Å². The Bertz CT molecular complexity index is 876. The zero-order chi connectivity index (χ0) is 31.4. The monoisotopic (exact) mass is 587 g/mol. The Morgan fingerprint density at radius 2 is 1.45 bits per heavy atom. The van der Waals surface area contributed by atoms with E-state index in [0.29, 0.717) is 32.2 Å². The van der Waals surface area contributed by atoms with Crippen LogP contribution in [0.25, 0.3) is 0 Å². The zero-order valence-corrected chi connectivity index (χ0v) is 26.2. The number of esters is 1. The van der Waals surface area contributed by atoms with Gasteiger partial charge in [-0.25, -0.2) is 4.79 Å². The van der Waals surface area contributed by atoms with Crippen molar-refractivity contribution in [1.29, 1.82) is 0 Å². The van der Waals surface area contributed by atoms with E-state index in [0.717, 1.165) is 57.8 Å². The molecule has 0 aliphatic carbocycles. The van der Waals surface area contributed by atoms with E-state index < -0.39 is 30.1 Å². The average Bonchev–Trinajstić information content (AvgIpc) is 2.94. The molecule has 42 heavy (non-hydrogen) atoms. The van der Waals surface area contributed by atoms with Crippen LogP contribution >= 0.6 is 0 Å². The lowest BCUT2D eigenvalue weighted by Gasteiger charge is -2.16. The summed E-state index contributed by atoms with van der Waals surface area (Å²) in [6, 6.07) is -1.51. The van der Waals surface area contributed by atoms with Gasteiger partial charge in [0.1, 0.15) is 18.2 Å². The number of allylic oxidation sites excluding steroid dienone is 8. The summed E-state index contributed by atoms with van der Waals surface area (Å²) >= 11 is 0. The molecule has 0 bridgehead atoms. The fourth-order valence-electron chi connectivity index (χ4n) is 4.00. The first-order valence-electron chi connectivity index (χ1n) is 15.7. The number of hydrogen-bond acceptors (Lipinski definition) is 6. The summed E-state index contributed by atoms with van der Waals surface area (Å²) in [5.74, 6) is -1.47. The third-order valence-electron chi connectivity index (χ3n) is 6.34. The summed E-state index contributed by atoms with van der Waals surface area (Å²) < 4.78 is 5.67. The first-order chi connectivity index (χ1) is 20.2. The normalized spacial score (nSPS) is 14.5. The molecule has 0 saturated carbocycles. The van der Waals surface area contributed by atoms with Crippen molar-refractivity contribution in [3.05, 3.63) is 60.8 Å². The first kappa shape index (κ1) is 39.0. The van der Waals surface area contributed by atoms with E-state index in [2.05, 4.69) is 48.7 Å². The summed E-state index contributed by atoms with van der Waals surface area (Å²) in [5, 5.41) is 11.9. The number of carbonyl (C=O) groups excluding carboxylic acids is 2. The molecule has 0 aromatic carbocycles. The van der Waals surface area contributed by atoms with Crippen molar-refractivity contribution >= 4 is 17.8 Å². The van der Waals surface area contributed by atoms with Gasteiger partial charge in [0.05, 0.1) is 0 Å². The van der Waals surface area contributed by atoms with Crippen molar-refractivity contribution in [3.63, 3.8) is 0 Å². The van der Waals surface area contributed by atoms with Gasteiger partial charge in [-0.3, -0.25) is 9.59 Å². The molecule has 0 saturated heterocycles. The number of carboxylic acid groups (broad SMARTS) is 1. The van der Waals surface area contributed by atoms with Crippen LogP contribution in [0.4, 0.5) is 0 Å². The number of ether oxygens (including phenoxy) is 1. The number of amides is 1. The average molecular weight is 588 g/mol. The van der Waals surface area contributed by atoms with E-state index in [9.17, 15) is 19.5 Å². The van der Waals surface area contributed by atoms with E-state index in [-0.39, 0.29) is 11.8 Å². The number of hydrogen-bond donors (Lipinski definition) is 4. The highest BCUT2D eigenvalue weighted by Gasteiger charge is 2.20. The van der Waals surface area contributed by atoms with Crippen molar-refractivity contribution < 1.29 is 24.2 Å². The van der Waals surface area contributed by atoms with Crippen LogP contribution < -0.4 is 16.8 Å². The Balaban J connectivity index is 4.70. The molecule has 6 N–H and O–H groups in total. The molecular formula is C34H57N3O5. The number of carbonyl (C=O) groups is 3. The largest absolute Gasteiger partial charge is 0.480 e. The second kappa shape index (κ2) is 26.9. The van der Waals surface area contributed by atoms with Gasteiger partial charge in [0, 0.05) is 6.42 Å². The molecule has 0 fully saturated rings. The number of aliphatic carboxylic acids is 1. The van der Waals surface area contributed by atoms with E-state index in [1.807, 2.05) is 38.2 Å². The molecule has 0 radical (unpaired) electrons. The van der Waals surface area contributed by atoms with Crippen molar-refractivity contribution in [2.24, 2.45) is 17.4 Å². The highest BCUT2D eigenvalue weighted by Crippen LogP contribution is 2.10. The molecule has 0 heterocycles. The highest BCUT2D eigenvalue weighted by atomic mass is 16.5. The van der Waals surface area contributed by atoms with E-state index in [1.165, 1.54) is 0 Å². The minimum Gasteiger partial charge on any atom is -0.480 e. The van der Waals surface area contributed by atoms with Crippen LogP contribution in [0.3, 0.4) is 0 Å². The van der Waals surface area contributed by atoms with Crippen LogP contribution in [-0.4, -0.2) is 47.7 Å². The second-order valence-electron chi connectivity index (χ2n) is 10.9. The predicted octanol–water partition coefficient (Wildman–Crippen LogP) is 6.28. The fourth-order valence-corrected chi connectivity index (χ4v) is 4.00. The maximum absolute atomic E-state index is 12.5. The van der Waals surface area contributed by atoms with Crippen LogP contribution in [0.15, 0.2) is 60.8 Å². The Labute approximate surface area is 254 Å². The molecule has 1 unspecified atom stereocenters. The molecule has 1 amide bonds. The molecule has 0 spiro atoms. The number of carboxylic acids is 1. The molecule has 0 aromatic rings. The van der Waals surface area contributed by atoms with Crippen molar-refractivity contribution in [2.45, 2.75) is 122 Å². The smallest absolute Gasteiger partial charge is 0.326 e. The number of nitrogens with one attached hydrogen (secondary N) is 1. The molecule has 8 nitrogen and oxygen atoms in total. The van der Waals surface area contributed by atoms with Crippen molar-refractivity contribution in [2.75, 3.05) is 6.54 Å². The van der Waals surface area contributed by atoms with Crippen LogP contribution in [-0.2, 0) is 19.1 Å². The lowest BCUT2D eigenvalue weighted by molar-refractivity contribution is -0.147. The molecule has 3 atom stereocenters. The lowest BCUT2D eigenvalue weighted by atomic mass is 10.0. The molecule has 0 aliphatic rings. The maximum Gasteiger partial charge on any atom is 0.326 e. The number of nitrogens with two attached hydrogens (primary N) is 2. The summed E-state index contributed by atoms with van der Waals surface area (Å²) in [7, 11) is 0. The van der Waals surface area contributed by atoms with Crippen LogP contribution in [0.5, 0.6) is 0 Å². The Morgan fingerprint density at radius 3 is 2.05 bits per heavy atom. The van der Waals surface area contributed by atoms with Crippen molar-refractivity contribution in [3.8, 4) is 0 Å². The summed E-state index contributed by atoms with van der Waals surface area (Å²) in [6.07, 6.45) is 29.7. The van der Waals surface area contributed by atoms with Crippen molar-refractivity contribution in [1.82, 2.24) is 5.32 Å². The Kier molecular flexibility index (Phi) is 25.0. The van der Waals surface area contributed by atoms with Gasteiger partial charge in [-0.15, -0.1) is 0 Å². The standard InChI is InChI=1S/C34H57N3O5/c1-4-5-6-7-8-9-10-11-12-14-17-22-29(42-34(41)30(36)24-20-21-26-35)23-18-15-13-16-19-25-32(38)37-31(33(39)40)27-28(2)3/h5-6,8-9,11-12,17-18,22-23,28-31H,4,7,10,13-16,19-21,24-27,35-36H2,1-3H3,(H,37,38)(H,39,40)/b6-5-,9-8-,12-11-,22-17-,23-18-/t29?,30-,31-/m0/s1. The van der Waals surface area contributed by atoms with E-state index in [1.54, 1.807) is 0 Å². The molecule has 238 valence electrons. The summed E-state index contributed by atoms with van der Waals surface area (Å²) in [5.41, 5.74) is 11.6. The quantitative estimate of drug-likeness (QED) is 0.0559. The third kappa shape index (κ3) is 23.7. The molecule has 0 aromatic heterocycles. The van der Waals surface area contributed by atoms with Gasteiger partial charge in [0.25, 0.3) is 0 Å². The Morgan fingerprint density at radius 1 is 0.833 bits per heavy atom. The highest BCUT2D eigenvalue weighted by molar-refractivity contribution is 5.83. The van der Waals surface area contributed by atoms with E-state index in [4.69, 9.17) is 16.2 Å².